The highest BCUT2D eigenvalue weighted by Gasteiger charge is 2.18. The quantitative estimate of drug-likeness (QED) is 0.866. The van der Waals surface area contributed by atoms with Gasteiger partial charge in [0.15, 0.2) is 0 Å². The van der Waals surface area contributed by atoms with Crippen LogP contribution in [-0.4, -0.2) is 45.6 Å². The summed E-state index contributed by atoms with van der Waals surface area (Å²) in [6.07, 6.45) is 5.78. The van der Waals surface area contributed by atoms with Gasteiger partial charge in [-0.1, -0.05) is 11.3 Å². The summed E-state index contributed by atoms with van der Waals surface area (Å²) in [6.45, 7) is 2.37. The van der Waals surface area contributed by atoms with E-state index in [1.54, 1.807) is 12.3 Å². The second-order valence-corrected chi connectivity index (χ2v) is 6.59. The molecule has 7 nitrogen and oxygen atoms in total. The van der Waals surface area contributed by atoms with Crippen molar-refractivity contribution in [2.75, 3.05) is 30.7 Å². The Labute approximate surface area is 138 Å². The minimum Gasteiger partial charge on any atom is -0.374 e. The number of nitrogens with two attached hydrogens (primary N) is 1. The van der Waals surface area contributed by atoms with Gasteiger partial charge in [0.2, 0.25) is 5.13 Å². The molecule has 3 heterocycles. The number of piperidine rings is 1. The summed E-state index contributed by atoms with van der Waals surface area (Å²) in [5, 5.41) is 12.3. The molecule has 0 aromatic carbocycles. The normalized spacial score (nSPS) is 14.7. The van der Waals surface area contributed by atoms with E-state index in [4.69, 9.17) is 5.73 Å². The molecule has 1 aliphatic heterocycles. The average Bonchev–Trinajstić information content (AvgIpc) is 3.00. The second kappa shape index (κ2) is 7.36. The van der Waals surface area contributed by atoms with Crippen LogP contribution in [0.25, 0.3) is 0 Å². The molecule has 3 N–H and O–H groups in total. The maximum Gasteiger partial charge on any atom is 0.254 e. The van der Waals surface area contributed by atoms with Crippen LogP contribution in [0.5, 0.6) is 0 Å². The zero-order chi connectivity index (χ0) is 16.1. The van der Waals surface area contributed by atoms with Crippen LogP contribution >= 0.6 is 11.3 Å². The molecule has 122 valence electrons. The van der Waals surface area contributed by atoms with E-state index in [9.17, 15) is 4.79 Å². The van der Waals surface area contributed by atoms with Gasteiger partial charge in [0.1, 0.15) is 10.8 Å². The van der Waals surface area contributed by atoms with Gasteiger partial charge < -0.3 is 16.0 Å². The van der Waals surface area contributed by atoms with E-state index in [-0.39, 0.29) is 5.91 Å². The Morgan fingerprint density at radius 1 is 1.30 bits per heavy atom. The molecule has 1 amide bonds. The maximum absolute atomic E-state index is 12.5. The number of aromatic nitrogens is 3. The maximum atomic E-state index is 12.5. The molecule has 0 spiro atoms. The molecular weight excluding hydrogens is 312 g/mol. The van der Waals surface area contributed by atoms with Gasteiger partial charge in [-0.25, -0.2) is 4.98 Å². The Morgan fingerprint density at radius 3 is 2.87 bits per heavy atom. The number of rotatable bonds is 5. The number of nitrogen functional groups attached to an aromatic ring is 1. The predicted molar refractivity (Wildman–Crippen MR) is 90.5 cm³/mol. The fourth-order valence-corrected chi connectivity index (χ4v) is 3.21. The number of likely N-dealkylation sites (tertiary alicyclic amines) is 1. The zero-order valence-corrected chi connectivity index (χ0v) is 13.7. The summed E-state index contributed by atoms with van der Waals surface area (Å²) in [5.74, 6) is 0.789. The van der Waals surface area contributed by atoms with E-state index in [1.165, 1.54) is 17.8 Å². The van der Waals surface area contributed by atoms with Gasteiger partial charge in [0.05, 0.1) is 0 Å². The van der Waals surface area contributed by atoms with Gasteiger partial charge in [-0.3, -0.25) is 4.79 Å². The smallest absolute Gasteiger partial charge is 0.254 e. The van der Waals surface area contributed by atoms with Crippen LogP contribution in [0.3, 0.4) is 0 Å². The van der Waals surface area contributed by atoms with E-state index in [1.807, 2.05) is 11.0 Å². The number of nitrogens with one attached hydrogen (secondary N) is 1. The monoisotopic (exact) mass is 332 g/mol. The molecule has 23 heavy (non-hydrogen) atoms. The Hall–Kier alpha value is -2.22. The first-order valence-corrected chi connectivity index (χ1v) is 8.61. The number of hydrogen-bond donors (Lipinski definition) is 2. The van der Waals surface area contributed by atoms with Gasteiger partial charge >= 0.3 is 0 Å². The highest BCUT2D eigenvalue weighted by Crippen LogP contribution is 2.15. The Balaban J connectivity index is 1.57. The summed E-state index contributed by atoms with van der Waals surface area (Å²) in [5.41, 5.74) is 6.24. The number of pyridine rings is 1. The second-order valence-electron chi connectivity index (χ2n) is 5.49. The molecule has 1 fully saturated rings. The molecule has 0 aliphatic carbocycles. The van der Waals surface area contributed by atoms with E-state index < -0.39 is 0 Å². The van der Waals surface area contributed by atoms with Crippen molar-refractivity contribution < 1.29 is 4.79 Å². The molecule has 0 unspecified atom stereocenters. The molecule has 0 radical (unpaired) electrons. The third-order valence-corrected chi connectivity index (χ3v) is 4.59. The first-order valence-electron chi connectivity index (χ1n) is 7.79. The molecule has 2 aromatic rings. The molecule has 8 heteroatoms. The number of amides is 1. The first-order chi connectivity index (χ1) is 11.2. The lowest BCUT2D eigenvalue weighted by Crippen LogP contribution is -2.35. The highest BCUT2D eigenvalue weighted by molar-refractivity contribution is 7.15. The zero-order valence-electron chi connectivity index (χ0n) is 12.9. The van der Waals surface area contributed by atoms with Crippen LogP contribution in [0.2, 0.25) is 0 Å². The lowest BCUT2D eigenvalue weighted by Gasteiger charge is -2.26. The van der Waals surface area contributed by atoms with Crippen molar-refractivity contribution in [3.63, 3.8) is 0 Å². The van der Waals surface area contributed by atoms with Crippen molar-refractivity contribution in [3.8, 4) is 0 Å². The van der Waals surface area contributed by atoms with Crippen molar-refractivity contribution in [1.82, 2.24) is 20.1 Å². The summed E-state index contributed by atoms with van der Waals surface area (Å²) >= 11 is 1.38. The van der Waals surface area contributed by atoms with Gasteiger partial charge in [0, 0.05) is 37.8 Å². The molecule has 1 saturated heterocycles. The molecule has 1 aliphatic rings. The minimum atomic E-state index is 0.0899. The Bertz CT molecular complexity index is 667. The van der Waals surface area contributed by atoms with Crippen LogP contribution in [-0.2, 0) is 6.42 Å². The predicted octanol–water partition coefficient (Wildman–Crippen LogP) is 1.80. The van der Waals surface area contributed by atoms with Gasteiger partial charge in [-0.05, 0) is 31.4 Å². The summed E-state index contributed by atoms with van der Waals surface area (Å²) < 4.78 is 0. The number of hydrogen-bond acceptors (Lipinski definition) is 7. The van der Waals surface area contributed by atoms with Gasteiger partial charge in [-0.2, -0.15) is 0 Å². The Morgan fingerprint density at radius 2 is 2.13 bits per heavy atom. The molecule has 0 bridgehead atoms. The fourth-order valence-electron chi connectivity index (χ4n) is 2.60. The number of carbonyl (C=O) groups excluding carboxylic acids is 1. The van der Waals surface area contributed by atoms with Crippen molar-refractivity contribution in [2.45, 2.75) is 25.7 Å². The van der Waals surface area contributed by atoms with E-state index in [0.717, 1.165) is 37.4 Å². The van der Waals surface area contributed by atoms with Crippen molar-refractivity contribution >= 4 is 28.2 Å². The van der Waals surface area contributed by atoms with E-state index in [2.05, 4.69) is 20.5 Å². The average molecular weight is 332 g/mol. The first kappa shape index (κ1) is 15.7. The van der Waals surface area contributed by atoms with Crippen LogP contribution in [0.15, 0.2) is 18.3 Å². The highest BCUT2D eigenvalue weighted by atomic mass is 32.1. The van der Waals surface area contributed by atoms with E-state index >= 15 is 0 Å². The van der Waals surface area contributed by atoms with Crippen molar-refractivity contribution in [2.24, 2.45) is 0 Å². The number of nitrogens with zero attached hydrogens (tertiary/aromatic N) is 4. The third kappa shape index (κ3) is 4.16. The van der Waals surface area contributed by atoms with Crippen molar-refractivity contribution in [1.29, 1.82) is 0 Å². The SMILES string of the molecule is Nc1nnc(CCNc2cc(C(=O)N3CCCCC3)ccn2)s1. The topological polar surface area (TPSA) is 97.0 Å². The van der Waals surface area contributed by atoms with Crippen LogP contribution in [0.4, 0.5) is 10.9 Å². The number of anilines is 2. The molecule has 2 aromatic heterocycles. The fraction of sp³-hybridized carbons (Fsp3) is 0.467. The standard InChI is InChI=1S/C15H20N6OS/c16-15-20-19-13(23-15)5-7-18-12-10-11(4-6-17-12)14(22)21-8-2-1-3-9-21/h4,6,10H,1-3,5,7-9H2,(H2,16,20)(H,17,18). The summed E-state index contributed by atoms with van der Waals surface area (Å²) in [7, 11) is 0. The Kier molecular flexibility index (Phi) is 5.02. The van der Waals surface area contributed by atoms with Gasteiger partial charge in [0.25, 0.3) is 5.91 Å². The molecule has 0 atom stereocenters. The summed E-state index contributed by atoms with van der Waals surface area (Å²) in [6, 6.07) is 3.58. The van der Waals surface area contributed by atoms with Crippen LogP contribution < -0.4 is 11.1 Å². The molecular formula is C15H20N6OS. The summed E-state index contributed by atoms with van der Waals surface area (Å²) in [4.78, 5) is 18.7. The van der Waals surface area contributed by atoms with Crippen LogP contribution in [0, 0.1) is 0 Å². The molecule has 3 rings (SSSR count). The largest absolute Gasteiger partial charge is 0.374 e. The third-order valence-electron chi connectivity index (χ3n) is 3.78. The molecule has 0 saturated carbocycles. The van der Waals surface area contributed by atoms with Crippen LogP contribution in [0.1, 0.15) is 34.6 Å². The van der Waals surface area contributed by atoms with Gasteiger partial charge in [-0.15, -0.1) is 10.2 Å². The van der Waals surface area contributed by atoms with Crippen molar-refractivity contribution in [3.05, 3.63) is 28.9 Å². The minimum absolute atomic E-state index is 0.0899. The van der Waals surface area contributed by atoms with E-state index in [0.29, 0.717) is 23.1 Å². The number of carbonyl (C=O) groups is 1. The lowest BCUT2D eigenvalue weighted by atomic mass is 10.1. The lowest BCUT2D eigenvalue weighted by molar-refractivity contribution is 0.0724.